The van der Waals surface area contributed by atoms with Crippen molar-refractivity contribution in [2.75, 3.05) is 11.5 Å². The Morgan fingerprint density at radius 1 is 1.28 bits per heavy atom. The van der Waals surface area contributed by atoms with Gasteiger partial charge in [0, 0.05) is 28.1 Å². The molecule has 7 N–H and O–H groups in total. The lowest BCUT2D eigenvalue weighted by molar-refractivity contribution is 0.100. The molecule has 0 bridgehead atoms. The lowest BCUT2D eigenvalue weighted by Gasteiger charge is -2.08. The minimum atomic E-state index is -0.633. The molecule has 7 nitrogen and oxygen atoms in total. The van der Waals surface area contributed by atoms with E-state index in [1.165, 1.54) is 0 Å². The number of nitrogens with zero attached hydrogens (tertiary/aromatic N) is 1. The van der Waals surface area contributed by atoms with Crippen molar-refractivity contribution < 1.29 is 9.21 Å². The van der Waals surface area contributed by atoms with Crippen molar-refractivity contribution in [3.05, 3.63) is 40.8 Å². The molecule has 0 aliphatic heterocycles. The number of carbonyl (C=O) groups is 1. The van der Waals surface area contributed by atoms with E-state index < -0.39 is 5.91 Å². The highest BCUT2D eigenvalue weighted by Gasteiger charge is 2.24. The molecular weight excluding hydrogens is 338 g/mol. The summed E-state index contributed by atoms with van der Waals surface area (Å²) < 4.78 is 5.93. The zero-order valence-corrected chi connectivity index (χ0v) is 13.7. The maximum atomic E-state index is 11.6. The van der Waals surface area contributed by atoms with Crippen LogP contribution in [0.1, 0.15) is 15.2 Å². The minimum absolute atomic E-state index is 0.162. The van der Waals surface area contributed by atoms with E-state index in [-0.39, 0.29) is 16.4 Å². The SMILES string of the molecule is N=Cc1c(N)nc2sc(C(N)=O)c(N)c2c1-c1cc2ccccc2o1. The topological polar surface area (TPSA) is 145 Å². The average Bonchev–Trinajstić information content (AvgIpc) is 3.15. The number of hydrogen-bond donors (Lipinski definition) is 4. The molecule has 0 atom stereocenters. The van der Waals surface area contributed by atoms with Crippen molar-refractivity contribution in [2.24, 2.45) is 5.73 Å². The molecule has 4 rings (SSSR count). The van der Waals surface area contributed by atoms with Crippen LogP contribution in [0.5, 0.6) is 0 Å². The molecule has 25 heavy (non-hydrogen) atoms. The molecular formula is C17H13N5O2S. The smallest absolute Gasteiger partial charge is 0.260 e. The maximum absolute atomic E-state index is 11.6. The van der Waals surface area contributed by atoms with Gasteiger partial charge in [0.15, 0.2) is 0 Å². The number of carbonyl (C=O) groups excluding carboxylic acids is 1. The third-order valence-corrected chi connectivity index (χ3v) is 5.10. The van der Waals surface area contributed by atoms with Gasteiger partial charge >= 0.3 is 0 Å². The number of para-hydroxylation sites is 1. The molecule has 1 amide bonds. The van der Waals surface area contributed by atoms with E-state index in [0.29, 0.717) is 32.7 Å². The van der Waals surface area contributed by atoms with Crippen molar-refractivity contribution in [3.63, 3.8) is 0 Å². The molecule has 0 saturated carbocycles. The van der Waals surface area contributed by atoms with E-state index in [2.05, 4.69) is 4.98 Å². The van der Waals surface area contributed by atoms with Gasteiger partial charge in [-0.15, -0.1) is 11.3 Å². The van der Waals surface area contributed by atoms with Gasteiger partial charge in [-0.25, -0.2) is 4.98 Å². The predicted octanol–water partition coefficient (Wildman–Crippen LogP) is 2.97. The minimum Gasteiger partial charge on any atom is -0.456 e. The van der Waals surface area contributed by atoms with Crippen LogP contribution in [0.4, 0.5) is 11.5 Å². The Morgan fingerprint density at radius 2 is 2.04 bits per heavy atom. The largest absolute Gasteiger partial charge is 0.456 e. The Balaban J connectivity index is 2.16. The van der Waals surface area contributed by atoms with Gasteiger partial charge in [-0.2, -0.15) is 0 Å². The molecule has 0 fully saturated rings. The molecule has 0 radical (unpaired) electrons. The van der Waals surface area contributed by atoms with E-state index in [1.807, 2.05) is 30.3 Å². The van der Waals surface area contributed by atoms with Crippen LogP contribution < -0.4 is 17.2 Å². The zero-order valence-electron chi connectivity index (χ0n) is 12.9. The van der Waals surface area contributed by atoms with Gasteiger partial charge in [0.25, 0.3) is 5.91 Å². The van der Waals surface area contributed by atoms with Gasteiger partial charge in [0.05, 0.1) is 5.69 Å². The molecule has 8 heteroatoms. The quantitative estimate of drug-likeness (QED) is 0.419. The number of hydrogen-bond acceptors (Lipinski definition) is 7. The van der Waals surface area contributed by atoms with Gasteiger partial charge in [-0.05, 0) is 12.1 Å². The molecule has 3 aromatic heterocycles. The second kappa shape index (κ2) is 5.32. The number of nitrogens with one attached hydrogen (secondary N) is 1. The van der Waals surface area contributed by atoms with Gasteiger partial charge in [-0.3, -0.25) is 4.79 Å². The Bertz CT molecular complexity index is 1140. The summed E-state index contributed by atoms with van der Waals surface area (Å²) >= 11 is 1.07. The molecule has 124 valence electrons. The van der Waals surface area contributed by atoms with E-state index >= 15 is 0 Å². The van der Waals surface area contributed by atoms with Gasteiger partial charge in [-0.1, -0.05) is 18.2 Å². The Labute approximate surface area is 145 Å². The van der Waals surface area contributed by atoms with Crippen molar-refractivity contribution in [2.45, 2.75) is 0 Å². The van der Waals surface area contributed by atoms with Crippen LogP contribution in [0, 0.1) is 5.41 Å². The third-order valence-electron chi connectivity index (χ3n) is 3.98. The van der Waals surface area contributed by atoms with Crippen LogP contribution in [0.2, 0.25) is 0 Å². The number of nitrogen functional groups attached to an aromatic ring is 2. The first-order valence-electron chi connectivity index (χ1n) is 7.32. The van der Waals surface area contributed by atoms with Crippen LogP contribution in [-0.4, -0.2) is 17.1 Å². The lowest BCUT2D eigenvalue weighted by Crippen LogP contribution is -2.10. The maximum Gasteiger partial charge on any atom is 0.260 e. The Morgan fingerprint density at radius 3 is 2.72 bits per heavy atom. The molecule has 0 saturated heterocycles. The summed E-state index contributed by atoms with van der Waals surface area (Å²) in [5.41, 5.74) is 19.4. The van der Waals surface area contributed by atoms with Crippen LogP contribution in [0.3, 0.4) is 0 Å². The van der Waals surface area contributed by atoms with E-state index in [4.69, 9.17) is 27.0 Å². The number of primary amides is 1. The molecule has 4 aromatic rings. The average molecular weight is 351 g/mol. The normalized spacial score (nSPS) is 11.2. The highest BCUT2D eigenvalue weighted by molar-refractivity contribution is 7.21. The van der Waals surface area contributed by atoms with E-state index in [0.717, 1.165) is 22.9 Å². The van der Waals surface area contributed by atoms with Gasteiger partial charge in [0.2, 0.25) is 0 Å². The summed E-state index contributed by atoms with van der Waals surface area (Å²) in [7, 11) is 0. The molecule has 0 aliphatic rings. The fourth-order valence-electron chi connectivity index (χ4n) is 2.87. The van der Waals surface area contributed by atoms with E-state index in [9.17, 15) is 4.79 Å². The summed E-state index contributed by atoms with van der Waals surface area (Å²) in [5.74, 6) is 0.0283. The van der Waals surface area contributed by atoms with Crippen molar-refractivity contribution in [1.29, 1.82) is 5.41 Å². The number of amides is 1. The lowest BCUT2D eigenvalue weighted by atomic mass is 10.0. The van der Waals surface area contributed by atoms with Crippen LogP contribution in [-0.2, 0) is 0 Å². The van der Waals surface area contributed by atoms with Crippen LogP contribution >= 0.6 is 11.3 Å². The number of thiophene rings is 1. The van der Waals surface area contributed by atoms with E-state index in [1.54, 1.807) is 0 Å². The third kappa shape index (κ3) is 2.15. The number of benzene rings is 1. The predicted molar refractivity (Wildman–Crippen MR) is 100 cm³/mol. The van der Waals surface area contributed by atoms with Crippen LogP contribution in [0.15, 0.2) is 34.7 Å². The number of pyridine rings is 1. The number of nitrogens with two attached hydrogens (primary N) is 3. The number of fused-ring (bicyclic) bond motifs is 2. The molecule has 1 aromatic carbocycles. The fourth-order valence-corrected chi connectivity index (χ4v) is 3.84. The zero-order chi connectivity index (χ0) is 17.7. The number of anilines is 2. The Hall–Kier alpha value is -3.39. The summed E-state index contributed by atoms with van der Waals surface area (Å²) in [6.45, 7) is 0. The number of aromatic nitrogens is 1. The summed E-state index contributed by atoms with van der Waals surface area (Å²) in [5, 5.41) is 9.15. The number of furan rings is 1. The molecule has 0 spiro atoms. The van der Waals surface area contributed by atoms with Gasteiger partial charge < -0.3 is 27.0 Å². The highest BCUT2D eigenvalue weighted by atomic mass is 32.1. The molecule has 3 heterocycles. The van der Waals surface area contributed by atoms with Gasteiger partial charge in [0.1, 0.15) is 26.9 Å². The first-order chi connectivity index (χ1) is 12.0. The first kappa shape index (κ1) is 15.2. The van der Waals surface area contributed by atoms with Crippen molar-refractivity contribution in [3.8, 4) is 11.3 Å². The first-order valence-corrected chi connectivity index (χ1v) is 8.13. The second-order valence-electron chi connectivity index (χ2n) is 5.47. The monoisotopic (exact) mass is 351 g/mol. The summed E-state index contributed by atoms with van der Waals surface area (Å²) in [4.78, 5) is 16.6. The fraction of sp³-hybridized carbons (Fsp3) is 0. The number of rotatable bonds is 3. The molecule has 0 unspecified atom stereocenters. The standard InChI is InChI=1S/C17H13N5O2S/c18-6-8-11(10-5-7-3-1-2-4-9(7)24-10)12-13(19)14(16(21)23)25-17(12)22-15(8)20/h1-6,18H,19H2,(H2,20,22)(H2,21,23). The van der Waals surface area contributed by atoms with Crippen LogP contribution in [0.25, 0.3) is 32.5 Å². The Kier molecular flexibility index (Phi) is 3.22. The summed E-state index contributed by atoms with van der Waals surface area (Å²) in [6, 6.07) is 9.38. The van der Waals surface area contributed by atoms with Crippen molar-refractivity contribution in [1.82, 2.24) is 4.98 Å². The summed E-state index contributed by atoms with van der Waals surface area (Å²) in [6.07, 6.45) is 1.10. The highest BCUT2D eigenvalue weighted by Crippen LogP contribution is 2.43. The second-order valence-corrected chi connectivity index (χ2v) is 6.47. The molecule has 0 aliphatic carbocycles. The van der Waals surface area contributed by atoms with Crippen molar-refractivity contribution >= 4 is 56.1 Å².